The number of carbonyl (C=O) groups excluding carboxylic acids is 2. The molecule has 0 bridgehead atoms. The molecule has 3 unspecified atom stereocenters. The van der Waals surface area contributed by atoms with Crippen molar-refractivity contribution in [1.29, 1.82) is 0 Å². The molecule has 0 rings (SSSR count). The van der Waals surface area contributed by atoms with Crippen LogP contribution in [0.25, 0.3) is 0 Å². The van der Waals surface area contributed by atoms with Gasteiger partial charge in [-0.25, -0.2) is 4.57 Å². The van der Waals surface area contributed by atoms with Gasteiger partial charge in [-0.3, -0.25) is 18.6 Å². The third kappa shape index (κ3) is 50.6. The summed E-state index contributed by atoms with van der Waals surface area (Å²) < 4.78 is 30.6. The molecule has 1 amide bonds. The fourth-order valence-corrected chi connectivity index (χ4v) is 8.92. The van der Waals surface area contributed by atoms with E-state index in [1.165, 1.54) is 122 Å². The molecule has 0 fully saturated rings. The molecule has 0 radical (unpaired) electrons. The standard InChI is InChI=1S/C60H111N2O7P/c1-7-10-13-16-19-22-25-28-30-31-32-35-38-41-44-47-50-53-60(64)69-58(51-48-45-42-39-36-33-27-24-21-18-15-12-9-3)57(56-68-70(65,66)67-55-54-62(4,5)6)61-59(63)52-49-46-43-40-37-34-29-26-23-20-17-14-11-8-2/h11,14,19-20,22-23,28,30,48,51,57-58H,7-10,12-13,15-18,21,24-27,29,31-47,49-50,52-56H2,1-6H3,(H-,61,63,65,66)/p+1/b14-11+,22-19-,23-20+,30-28-,51-48+. The number of quaternary nitrogens is 1. The van der Waals surface area contributed by atoms with Gasteiger partial charge in [-0.1, -0.05) is 217 Å². The summed E-state index contributed by atoms with van der Waals surface area (Å²) in [5.41, 5.74) is 0. The van der Waals surface area contributed by atoms with Gasteiger partial charge in [0.1, 0.15) is 19.3 Å². The Labute approximate surface area is 432 Å². The molecule has 0 saturated carbocycles. The van der Waals surface area contributed by atoms with Crippen molar-refractivity contribution in [1.82, 2.24) is 5.32 Å². The number of ether oxygens (including phenoxy) is 1. The van der Waals surface area contributed by atoms with Gasteiger partial charge in [-0.2, -0.15) is 0 Å². The zero-order valence-corrected chi connectivity index (χ0v) is 47.4. The van der Waals surface area contributed by atoms with Crippen LogP contribution >= 0.6 is 7.82 Å². The van der Waals surface area contributed by atoms with E-state index in [1.807, 2.05) is 33.3 Å². The minimum Gasteiger partial charge on any atom is -0.456 e. The summed E-state index contributed by atoms with van der Waals surface area (Å²) in [5, 5.41) is 3.04. The van der Waals surface area contributed by atoms with Crippen LogP contribution in [0.3, 0.4) is 0 Å². The van der Waals surface area contributed by atoms with Crippen LogP contribution in [0.2, 0.25) is 0 Å². The Hall–Kier alpha value is -2.29. The lowest BCUT2D eigenvalue weighted by molar-refractivity contribution is -0.870. The van der Waals surface area contributed by atoms with E-state index in [2.05, 4.69) is 74.7 Å². The summed E-state index contributed by atoms with van der Waals surface area (Å²) in [6.45, 7) is 6.87. The van der Waals surface area contributed by atoms with E-state index in [-0.39, 0.29) is 31.5 Å². The third-order valence-corrected chi connectivity index (χ3v) is 13.7. The molecule has 70 heavy (non-hydrogen) atoms. The summed E-state index contributed by atoms with van der Waals surface area (Å²) in [4.78, 5) is 37.6. The van der Waals surface area contributed by atoms with Crippen molar-refractivity contribution in [2.75, 3.05) is 40.9 Å². The molecule has 0 heterocycles. The van der Waals surface area contributed by atoms with Crippen molar-refractivity contribution in [3.8, 4) is 0 Å². The van der Waals surface area contributed by atoms with Gasteiger partial charge in [0.2, 0.25) is 5.91 Å². The maximum absolute atomic E-state index is 13.5. The first-order chi connectivity index (χ1) is 33.9. The van der Waals surface area contributed by atoms with Crippen molar-refractivity contribution in [2.24, 2.45) is 0 Å². The molecule has 0 aromatic heterocycles. The van der Waals surface area contributed by atoms with Gasteiger partial charge < -0.3 is 19.4 Å². The van der Waals surface area contributed by atoms with Gasteiger partial charge in [0, 0.05) is 12.8 Å². The summed E-state index contributed by atoms with van der Waals surface area (Å²) in [5.74, 6) is -0.522. The number of hydrogen-bond donors (Lipinski definition) is 2. The minimum atomic E-state index is -4.45. The van der Waals surface area contributed by atoms with E-state index in [1.54, 1.807) is 0 Å². The van der Waals surface area contributed by atoms with E-state index in [0.717, 1.165) is 103 Å². The van der Waals surface area contributed by atoms with Crippen LogP contribution in [0, 0.1) is 0 Å². The molecule has 0 aliphatic carbocycles. The number of phosphoric acid groups is 1. The lowest BCUT2D eigenvalue weighted by Gasteiger charge is -2.27. The summed E-state index contributed by atoms with van der Waals surface area (Å²) >= 11 is 0. The molecular formula is C60H112N2O7P+. The number of esters is 1. The Morgan fingerprint density at radius 2 is 0.914 bits per heavy atom. The van der Waals surface area contributed by atoms with Crippen LogP contribution in [0.1, 0.15) is 258 Å². The first-order valence-electron chi connectivity index (χ1n) is 29.1. The van der Waals surface area contributed by atoms with Gasteiger partial charge >= 0.3 is 13.8 Å². The Kier molecular flexibility index (Phi) is 48.6. The van der Waals surface area contributed by atoms with Crippen LogP contribution in [-0.2, 0) is 27.9 Å². The number of hydrogen-bond acceptors (Lipinski definition) is 6. The van der Waals surface area contributed by atoms with Crippen LogP contribution in [0.4, 0.5) is 0 Å². The molecule has 9 nitrogen and oxygen atoms in total. The highest BCUT2D eigenvalue weighted by atomic mass is 31.2. The average molecular weight is 1000 g/mol. The predicted octanol–water partition coefficient (Wildman–Crippen LogP) is 17.5. The number of carbonyl (C=O) groups is 2. The molecule has 408 valence electrons. The third-order valence-electron chi connectivity index (χ3n) is 12.7. The highest BCUT2D eigenvalue weighted by Gasteiger charge is 2.30. The fraction of sp³-hybridized carbons (Fsp3) is 0.800. The van der Waals surface area contributed by atoms with Crippen LogP contribution < -0.4 is 5.32 Å². The van der Waals surface area contributed by atoms with Gasteiger partial charge in [-0.15, -0.1) is 0 Å². The number of allylic oxidation sites excluding steroid dienone is 9. The summed E-state index contributed by atoms with van der Waals surface area (Å²) in [6.07, 6.45) is 62.1. The average Bonchev–Trinajstić information content (AvgIpc) is 3.32. The molecule has 0 aromatic carbocycles. The summed E-state index contributed by atoms with van der Waals surface area (Å²) in [7, 11) is 1.48. The van der Waals surface area contributed by atoms with Gasteiger partial charge in [0.05, 0.1) is 33.8 Å². The number of rotatable bonds is 52. The maximum Gasteiger partial charge on any atom is 0.472 e. The smallest absolute Gasteiger partial charge is 0.456 e. The van der Waals surface area contributed by atoms with Crippen molar-refractivity contribution in [3.63, 3.8) is 0 Å². The Bertz CT molecular complexity index is 1390. The number of nitrogens with zero attached hydrogens (tertiary/aromatic N) is 1. The zero-order chi connectivity index (χ0) is 51.5. The Balaban J connectivity index is 5.37. The summed E-state index contributed by atoms with van der Waals surface area (Å²) in [6, 6.07) is -0.855. The molecule has 10 heteroatoms. The number of unbranched alkanes of at least 4 members (excludes halogenated alkanes) is 28. The first kappa shape index (κ1) is 67.7. The van der Waals surface area contributed by atoms with E-state index in [9.17, 15) is 19.0 Å². The number of nitrogens with one attached hydrogen (secondary N) is 1. The van der Waals surface area contributed by atoms with Crippen LogP contribution in [0.5, 0.6) is 0 Å². The molecular weight excluding hydrogens is 892 g/mol. The maximum atomic E-state index is 13.5. The Morgan fingerprint density at radius 3 is 1.39 bits per heavy atom. The first-order valence-corrected chi connectivity index (χ1v) is 30.6. The molecule has 3 atom stereocenters. The number of phosphoric ester groups is 1. The highest BCUT2D eigenvalue weighted by Crippen LogP contribution is 2.43. The van der Waals surface area contributed by atoms with Crippen molar-refractivity contribution in [3.05, 3.63) is 60.8 Å². The van der Waals surface area contributed by atoms with E-state index >= 15 is 0 Å². The second kappa shape index (κ2) is 50.3. The van der Waals surface area contributed by atoms with E-state index in [0.29, 0.717) is 17.4 Å². The van der Waals surface area contributed by atoms with E-state index in [4.69, 9.17) is 13.8 Å². The topological polar surface area (TPSA) is 111 Å². The molecule has 0 aliphatic rings. The predicted molar refractivity (Wildman–Crippen MR) is 300 cm³/mol. The monoisotopic (exact) mass is 1000 g/mol. The van der Waals surface area contributed by atoms with E-state index < -0.39 is 20.0 Å². The van der Waals surface area contributed by atoms with Crippen LogP contribution in [-0.4, -0.2) is 74.3 Å². The second-order valence-electron chi connectivity index (χ2n) is 20.8. The van der Waals surface area contributed by atoms with Gasteiger partial charge in [-0.05, 0) is 89.5 Å². The molecule has 0 saturated heterocycles. The normalized spacial score (nSPS) is 14.2. The van der Waals surface area contributed by atoms with Gasteiger partial charge in [0.25, 0.3) is 0 Å². The molecule has 0 aromatic rings. The van der Waals surface area contributed by atoms with Crippen molar-refractivity contribution in [2.45, 2.75) is 270 Å². The van der Waals surface area contributed by atoms with Gasteiger partial charge in [0.15, 0.2) is 0 Å². The van der Waals surface area contributed by atoms with Crippen molar-refractivity contribution >= 4 is 19.7 Å². The quantitative estimate of drug-likeness (QED) is 0.0205. The minimum absolute atomic E-state index is 0.0360. The SMILES string of the molecule is CC/C=C/C/C=C/CCCCCCCCCC(=O)NC(COP(=O)(O)OCC[N+](C)(C)C)C(/C=C/CCCCCCCCCCCCC)OC(=O)CCCCCCCCC/C=C\C/C=C\CCCCC. The molecule has 2 N–H and O–H groups in total. The van der Waals surface area contributed by atoms with Crippen molar-refractivity contribution < 1.29 is 37.3 Å². The zero-order valence-electron chi connectivity index (χ0n) is 46.5. The number of likely N-dealkylation sites (N-methyl/N-ethyl adjacent to an activating group) is 1. The number of amides is 1. The van der Waals surface area contributed by atoms with Crippen LogP contribution in [0.15, 0.2) is 60.8 Å². The largest absolute Gasteiger partial charge is 0.472 e. The second-order valence-corrected chi connectivity index (χ2v) is 22.2. The molecule has 0 aliphatic heterocycles. The highest BCUT2D eigenvalue weighted by molar-refractivity contribution is 7.47. The lowest BCUT2D eigenvalue weighted by Crippen LogP contribution is -2.47. The molecule has 0 spiro atoms. The Morgan fingerprint density at radius 1 is 0.514 bits per heavy atom. The lowest BCUT2D eigenvalue weighted by atomic mass is 10.0. The fourth-order valence-electron chi connectivity index (χ4n) is 8.18.